The van der Waals surface area contributed by atoms with Gasteiger partial charge in [-0.1, -0.05) is 32.9 Å². The van der Waals surface area contributed by atoms with Gasteiger partial charge in [0.25, 0.3) is 5.92 Å². The van der Waals surface area contributed by atoms with Crippen LogP contribution in [-0.2, 0) is 6.42 Å². The number of amides is 2. The second kappa shape index (κ2) is 14.6. The van der Waals surface area contributed by atoms with Crippen molar-refractivity contribution in [2.75, 3.05) is 39.3 Å². The van der Waals surface area contributed by atoms with Crippen LogP contribution in [0.5, 0.6) is 11.5 Å². The molecule has 2 atom stereocenters. The maximum atomic E-state index is 13.3. The van der Waals surface area contributed by atoms with Crippen LogP contribution in [0.25, 0.3) is 0 Å². The molecule has 1 unspecified atom stereocenters. The fraction of sp³-hybridized carbons (Fsp3) is 0.548. The summed E-state index contributed by atoms with van der Waals surface area (Å²) < 4.78 is 38.4. The molecule has 1 heterocycles. The van der Waals surface area contributed by atoms with Crippen molar-refractivity contribution in [3.05, 3.63) is 59.7 Å². The summed E-state index contributed by atoms with van der Waals surface area (Å²) in [5.74, 6) is -2.07. The standard InChI is InChI=1S/C31H43F2N3O6/c1-30(2,3)27(42-26-12-8-23(9-13-26)28(34)38)20-36(29(39)40)19-24(37)21-41-25-10-6-22(7-11-25)5-4-16-35-17-14-31(32,33)15-18-35/h6-13,24,27,37H,4-5,14-21H2,1-3H3,(H2,34,38)(H,39,40)/t24?,27-/m1/s1. The quantitative estimate of drug-likeness (QED) is 0.292. The number of piperidine rings is 1. The Balaban J connectivity index is 1.46. The number of aliphatic hydroxyl groups excluding tert-OH is 1. The number of likely N-dealkylation sites (tertiary alicyclic amines) is 1. The number of ether oxygens (including phenoxy) is 2. The average molecular weight is 592 g/mol. The number of hydrogen-bond acceptors (Lipinski definition) is 6. The Labute approximate surface area is 246 Å². The van der Waals surface area contributed by atoms with Crippen LogP contribution in [0.15, 0.2) is 48.5 Å². The highest BCUT2D eigenvalue weighted by Gasteiger charge is 2.34. The van der Waals surface area contributed by atoms with E-state index in [0.717, 1.165) is 29.8 Å². The third-order valence-electron chi connectivity index (χ3n) is 7.36. The minimum Gasteiger partial charge on any atom is -0.491 e. The van der Waals surface area contributed by atoms with Crippen LogP contribution >= 0.6 is 0 Å². The molecule has 11 heteroatoms. The molecule has 0 saturated carbocycles. The van der Waals surface area contributed by atoms with Crippen molar-refractivity contribution >= 4 is 12.0 Å². The molecule has 0 spiro atoms. The van der Waals surface area contributed by atoms with E-state index in [-0.39, 0.29) is 32.5 Å². The lowest BCUT2D eigenvalue weighted by Gasteiger charge is -2.35. The van der Waals surface area contributed by atoms with E-state index < -0.39 is 35.5 Å². The lowest BCUT2D eigenvalue weighted by Crippen LogP contribution is -2.48. The molecule has 1 saturated heterocycles. The van der Waals surface area contributed by atoms with Crippen LogP contribution < -0.4 is 15.2 Å². The molecule has 2 amide bonds. The highest BCUT2D eigenvalue weighted by Crippen LogP contribution is 2.28. The van der Waals surface area contributed by atoms with Gasteiger partial charge >= 0.3 is 6.09 Å². The van der Waals surface area contributed by atoms with Gasteiger partial charge in [-0.25, -0.2) is 13.6 Å². The summed E-state index contributed by atoms with van der Waals surface area (Å²) in [5, 5.41) is 20.4. The number of benzene rings is 2. The molecule has 4 N–H and O–H groups in total. The van der Waals surface area contributed by atoms with Crippen LogP contribution in [0.2, 0.25) is 0 Å². The Bertz CT molecular complexity index is 1140. The molecule has 3 rings (SSSR count). The highest BCUT2D eigenvalue weighted by molar-refractivity contribution is 5.92. The van der Waals surface area contributed by atoms with E-state index in [1.807, 2.05) is 32.9 Å². The van der Waals surface area contributed by atoms with Gasteiger partial charge < -0.3 is 35.2 Å². The smallest absolute Gasteiger partial charge is 0.407 e. The number of aryl methyl sites for hydroxylation is 1. The van der Waals surface area contributed by atoms with Crippen LogP contribution in [0, 0.1) is 5.41 Å². The molecule has 2 aromatic rings. The van der Waals surface area contributed by atoms with Crippen molar-refractivity contribution in [2.24, 2.45) is 11.1 Å². The minimum atomic E-state index is -2.53. The van der Waals surface area contributed by atoms with Crippen molar-refractivity contribution in [3.63, 3.8) is 0 Å². The number of nitrogens with two attached hydrogens (primary N) is 1. The van der Waals surface area contributed by atoms with E-state index in [0.29, 0.717) is 30.2 Å². The topological polar surface area (TPSA) is 126 Å². The SMILES string of the molecule is CC(C)(C)[C@@H](CN(CC(O)COc1ccc(CCCN2CCC(F)(F)CC2)cc1)C(=O)O)Oc1ccc(C(N)=O)cc1. The minimum absolute atomic E-state index is 0.00200. The molecule has 1 fully saturated rings. The van der Waals surface area contributed by atoms with E-state index in [4.69, 9.17) is 15.2 Å². The molecular weight excluding hydrogens is 548 g/mol. The highest BCUT2D eigenvalue weighted by atomic mass is 19.3. The monoisotopic (exact) mass is 591 g/mol. The molecule has 2 aromatic carbocycles. The summed E-state index contributed by atoms with van der Waals surface area (Å²) in [5.41, 5.74) is 6.28. The lowest BCUT2D eigenvalue weighted by molar-refractivity contribution is -0.0551. The Morgan fingerprint density at radius 1 is 1.02 bits per heavy atom. The molecule has 0 radical (unpaired) electrons. The van der Waals surface area contributed by atoms with Crippen LogP contribution in [0.4, 0.5) is 13.6 Å². The molecular formula is C31H43F2N3O6. The van der Waals surface area contributed by atoms with Gasteiger partial charge in [-0.2, -0.15) is 0 Å². The number of alkyl halides is 2. The van der Waals surface area contributed by atoms with E-state index in [1.165, 1.54) is 0 Å². The molecule has 1 aliphatic heterocycles. The molecule has 1 aliphatic rings. The van der Waals surface area contributed by atoms with Gasteiger partial charge in [0.05, 0.1) is 13.1 Å². The van der Waals surface area contributed by atoms with E-state index in [1.54, 1.807) is 36.4 Å². The van der Waals surface area contributed by atoms with Gasteiger partial charge in [0.15, 0.2) is 0 Å². The van der Waals surface area contributed by atoms with Crippen molar-refractivity contribution < 1.29 is 38.1 Å². The first-order valence-electron chi connectivity index (χ1n) is 14.3. The summed E-state index contributed by atoms with van der Waals surface area (Å²) in [6, 6.07) is 13.7. The lowest BCUT2D eigenvalue weighted by atomic mass is 9.88. The number of aliphatic hydroxyl groups is 1. The van der Waals surface area contributed by atoms with Crippen molar-refractivity contribution in [1.82, 2.24) is 9.80 Å². The predicted octanol–water partition coefficient (Wildman–Crippen LogP) is 4.66. The summed E-state index contributed by atoms with van der Waals surface area (Å²) in [6.07, 6.45) is -1.29. The van der Waals surface area contributed by atoms with Gasteiger partial charge in [-0.05, 0) is 61.3 Å². The molecule has 0 bridgehead atoms. The maximum absolute atomic E-state index is 13.3. The van der Waals surface area contributed by atoms with Crippen molar-refractivity contribution in [2.45, 2.75) is 64.6 Å². The number of primary amides is 1. The first-order chi connectivity index (χ1) is 19.7. The van der Waals surface area contributed by atoms with E-state index in [2.05, 4.69) is 4.90 Å². The van der Waals surface area contributed by atoms with Crippen molar-refractivity contribution in [3.8, 4) is 11.5 Å². The number of halogens is 2. The number of carbonyl (C=O) groups excluding carboxylic acids is 1. The fourth-order valence-electron chi connectivity index (χ4n) is 4.64. The number of rotatable bonds is 14. The third-order valence-corrected chi connectivity index (χ3v) is 7.36. The van der Waals surface area contributed by atoms with Crippen LogP contribution in [-0.4, -0.2) is 89.5 Å². The van der Waals surface area contributed by atoms with Gasteiger partial charge in [0.2, 0.25) is 5.91 Å². The molecule has 0 aliphatic carbocycles. The second-order valence-electron chi connectivity index (χ2n) is 12.0. The third kappa shape index (κ3) is 10.8. The van der Waals surface area contributed by atoms with Gasteiger partial charge in [-0.15, -0.1) is 0 Å². The molecule has 0 aromatic heterocycles. The molecule has 232 valence electrons. The first kappa shape index (κ1) is 33.1. The second-order valence-corrected chi connectivity index (χ2v) is 12.0. The zero-order chi connectivity index (χ0) is 30.9. The van der Waals surface area contributed by atoms with Crippen LogP contribution in [0.1, 0.15) is 56.0 Å². The van der Waals surface area contributed by atoms with Crippen LogP contribution in [0.3, 0.4) is 0 Å². The summed E-state index contributed by atoms with van der Waals surface area (Å²) in [7, 11) is 0. The van der Waals surface area contributed by atoms with E-state index >= 15 is 0 Å². The maximum Gasteiger partial charge on any atom is 0.407 e. The largest absolute Gasteiger partial charge is 0.491 e. The summed E-state index contributed by atoms with van der Waals surface area (Å²) in [4.78, 5) is 26.5. The summed E-state index contributed by atoms with van der Waals surface area (Å²) >= 11 is 0. The average Bonchev–Trinajstić information content (AvgIpc) is 2.92. The van der Waals surface area contributed by atoms with Crippen molar-refractivity contribution in [1.29, 1.82) is 0 Å². The Kier molecular flexibility index (Phi) is 11.5. The fourth-order valence-corrected chi connectivity index (χ4v) is 4.64. The first-order valence-corrected chi connectivity index (χ1v) is 14.3. The molecule has 42 heavy (non-hydrogen) atoms. The normalized spacial score (nSPS) is 16.8. The number of carbonyl (C=O) groups is 2. The zero-order valence-electron chi connectivity index (χ0n) is 24.6. The molecule has 9 nitrogen and oxygen atoms in total. The Hall–Kier alpha value is -3.44. The van der Waals surface area contributed by atoms with E-state index in [9.17, 15) is 28.6 Å². The zero-order valence-corrected chi connectivity index (χ0v) is 24.6. The Morgan fingerprint density at radius 3 is 2.17 bits per heavy atom. The summed E-state index contributed by atoms with van der Waals surface area (Å²) in [6.45, 7) is 7.14. The number of carboxylic acid groups (broad SMARTS) is 1. The van der Waals surface area contributed by atoms with Gasteiger partial charge in [0.1, 0.15) is 30.3 Å². The predicted molar refractivity (Wildman–Crippen MR) is 155 cm³/mol. The number of hydrogen-bond donors (Lipinski definition) is 3. The van der Waals surface area contributed by atoms with Gasteiger partial charge in [-0.3, -0.25) is 4.79 Å². The Morgan fingerprint density at radius 2 is 1.62 bits per heavy atom. The van der Waals surface area contributed by atoms with Gasteiger partial charge in [0, 0.05) is 36.9 Å². The number of nitrogens with zero attached hydrogens (tertiary/aromatic N) is 2.